The van der Waals surface area contributed by atoms with Crippen LogP contribution in [-0.2, 0) is 9.53 Å². The highest BCUT2D eigenvalue weighted by Crippen LogP contribution is 2.35. The van der Waals surface area contributed by atoms with Crippen LogP contribution < -0.4 is 10.6 Å². The monoisotopic (exact) mass is 505 g/mol. The predicted molar refractivity (Wildman–Crippen MR) is 134 cm³/mol. The number of carbonyl (C=O) groups is 5. The van der Waals surface area contributed by atoms with Crippen molar-refractivity contribution in [1.82, 2.24) is 4.90 Å². The van der Waals surface area contributed by atoms with Gasteiger partial charge in [-0.15, -0.1) is 11.3 Å². The van der Waals surface area contributed by atoms with Crippen molar-refractivity contribution in [3.05, 3.63) is 81.7 Å². The Hall–Kier alpha value is -4.31. The number of imide groups is 1. The molecule has 10 heteroatoms. The lowest BCUT2D eigenvalue weighted by Gasteiger charge is -2.21. The highest BCUT2D eigenvalue weighted by molar-refractivity contribution is 7.19. The Morgan fingerprint density at radius 2 is 1.53 bits per heavy atom. The molecule has 1 aromatic heterocycles. The number of hydrogen-bond donors (Lipinski definition) is 2. The van der Waals surface area contributed by atoms with Crippen LogP contribution in [0.4, 0.5) is 10.7 Å². The molecule has 1 aliphatic heterocycles. The van der Waals surface area contributed by atoms with Crippen LogP contribution in [0.2, 0.25) is 0 Å². The largest absolute Gasteiger partial charge is 0.462 e. The number of amides is 4. The number of para-hydroxylation sites is 1. The van der Waals surface area contributed by atoms with Crippen molar-refractivity contribution >= 4 is 51.6 Å². The molecule has 0 spiro atoms. The number of fused-ring (bicyclic) bond motifs is 1. The molecule has 4 rings (SSSR count). The molecule has 0 aliphatic carbocycles. The second-order valence-electron chi connectivity index (χ2n) is 7.99. The van der Waals surface area contributed by atoms with Crippen LogP contribution in [0.15, 0.2) is 54.6 Å². The van der Waals surface area contributed by atoms with Gasteiger partial charge in [0.05, 0.1) is 28.2 Å². The minimum absolute atomic E-state index is 0.0444. The lowest BCUT2D eigenvalue weighted by molar-refractivity contribution is -0.119. The van der Waals surface area contributed by atoms with Crippen LogP contribution in [-0.4, -0.2) is 47.1 Å². The van der Waals surface area contributed by atoms with E-state index < -0.39 is 35.6 Å². The summed E-state index contributed by atoms with van der Waals surface area (Å²) in [6, 6.07) is 14.0. The normalized spacial score (nSPS) is 13.2. The van der Waals surface area contributed by atoms with Gasteiger partial charge in [-0.2, -0.15) is 0 Å². The molecule has 0 radical (unpaired) electrons. The van der Waals surface area contributed by atoms with E-state index >= 15 is 0 Å². The van der Waals surface area contributed by atoms with Gasteiger partial charge in [-0.1, -0.05) is 30.3 Å². The SMILES string of the molecule is CCOC(=O)c1c(NC(=O)C(C)N2C(=O)c3ccccc3C2=O)sc(C(=O)Nc2ccccc2)c1C. The minimum Gasteiger partial charge on any atom is -0.462 e. The smallest absolute Gasteiger partial charge is 0.341 e. The van der Waals surface area contributed by atoms with Gasteiger partial charge in [0.2, 0.25) is 5.91 Å². The van der Waals surface area contributed by atoms with E-state index in [1.165, 1.54) is 19.1 Å². The summed E-state index contributed by atoms with van der Waals surface area (Å²) in [7, 11) is 0. The number of nitrogens with zero attached hydrogens (tertiary/aromatic N) is 1. The maximum Gasteiger partial charge on any atom is 0.341 e. The molecule has 184 valence electrons. The molecular formula is C26H23N3O6S. The first-order chi connectivity index (χ1) is 17.2. The van der Waals surface area contributed by atoms with Crippen molar-refractivity contribution in [2.45, 2.75) is 26.8 Å². The summed E-state index contributed by atoms with van der Waals surface area (Å²) in [4.78, 5) is 65.5. The third-order valence-electron chi connectivity index (χ3n) is 5.69. The van der Waals surface area contributed by atoms with E-state index in [9.17, 15) is 24.0 Å². The predicted octanol–water partition coefficient (Wildman–Crippen LogP) is 4.11. The number of ether oxygens (including phenoxy) is 1. The highest BCUT2D eigenvalue weighted by Gasteiger charge is 2.41. The van der Waals surface area contributed by atoms with Gasteiger partial charge in [0.1, 0.15) is 11.0 Å². The zero-order valence-electron chi connectivity index (χ0n) is 19.8. The van der Waals surface area contributed by atoms with Crippen LogP contribution in [0, 0.1) is 6.92 Å². The summed E-state index contributed by atoms with van der Waals surface area (Å²) in [5.41, 5.74) is 1.40. The quantitative estimate of drug-likeness (QED) is 0.368. The van der Waals surface area contributed by atoms with Gasteiger partial charge in [0.15, 0.2) is 0 Å². The molecule has 1 atom stereocenters. The maximum absolute atomic E-state index is 13.2. The van der Waals surface area contributed by atoms with E-state index in [-0.39, 0.29) is 33.2 Å². The van der Waals surface area contributed by atoms with Crippen LogP contribution in [0.1, 0.15) is 60.2 Å². The number of thiophene rings is 1. The lowest BCUT2D eigenvalue weighted by atomic mass is 10.1. The van der Waals surface area contributed by atoms with Crippen molar-refractivity contribution in [2.75, 3.05) is 17.2 Å². The zero-order chi connectivity index (χ0) is 26.0. The average molecular weight is 506 g/mol. The summed E-state index contributed by atoms with van der Waals surface area (Å²) in [6.07, 6.45) is 0. The number of hydrogen-bond acceptors (Lipinski definition) is 7. The zero-order valence-corrected chi connectivity index (χ0v) is 20.6. The summed E-state index contributed by atoms with van der Waals surface area (Å²) in [5, 5.41) is 5.48. The van der Waals surface area contributed by atoms with Gasteiger partial charge in [0, 0.05) is 5.69 Å². The molecule has 2 N–H and O–H groups in total. The standard InChI is InChI=1S/C26H23N3O6S/c1-4-35-26(34)19-14(2)20(22(31)27-16-10-6-5-7-11-16)36-23(19)28-21(30)15(3)29-24(32)17-12-8-9-13-18(17)25(29)33/h5-13,15H,4H2,1-3H3,(H,27,31)(H,28,30). The molecule has 1 unspecified atom stereocenters. The van der Waals surface area contributed by atoms with Crippen molar-refractivity contribution < 1.29 is 28.7 Å². The highest BCUT2D eigenvalue weighted by atomic mass is 32.1. The molecule has 0 fully saturated rings. The van der Waals surface area contributed by atoms with Gasteiger partial charge in [-0.3, -0.25) is 24.1 Å². The van der Waals surface area contributed by atoms with Crippen LogP contribution in [0.3, 0.4) is 0 Å². The Morgan fingerprint density at radius 3 is 2.11 bits per heavy atom. The topological polar surface area (TPSA) is 122 Å². The molecule has 3 aromatic rings. The molecule has 0 saturated carbocycles. The summed E-state index contributed by atoms with van der Waals surface area (Å²) in [6.45, 7) is 4.75. The molecular weight excluding hydrogens is 482 g/mol. The number of anilines is 2. The fraction of sp³-hybridized carbons (Fsp3) is 0.192. The van der Waals surface area contributed by atoms with Crippen LogP contribution >= 0.6 is 11.3 Å². The van der Waals surface area contributed by atoms with Crippen molar-refractivity contribution in [3.63, 3.8) is 0 Å². The van der Waals surface area contributed by atoms with Gasteiger partial charge >= 0.3 is 5.97 Å². The van der Waals surface area contributed by atoms with Crippen molar-refractivity contribution in [3.8, 4) is 0 Å². The summed E-state index contributed by atoms with van der Waals surface area (Å²) in [5.74, 6) is -2.99. The van der Waals surface area contributed by atoms with E-state index in [1.54, 1.807) is 50.2 Å². The first kappa shape index (κ1) is 24.8. The van der Waals surface area contributed by atoms with E-state index in [2.05, 4.69) is 10.6 Å². The van der Waals surface area contributed by atoms with Crippen molar-refractivity contribution in [2.24, 2.45) is 0 Å². The lowest BCUT2D eigenvalue weighted by Crippen LogP contribution is -2.45. The number of rotatable bonds is 7. The number of carbonyl (C=O) groups excluding carboxylic acids is 5. The molecule has 0 bridgehead atoms. The fourth-order valence-electron chi connectivity index (χ4n) is 3.87. The second kappa shape index (κ2) is 10.1. The van der Waals surface area contributed by atoms with E-state index in [4.69, 9.17) is 4.74 Å². The van der Waals surface area contributed by atoms with Gasteiger partial charge in [-0.05, 0) is 50.6 Å². The van der Waals surface area contributed by atoms with E-state index in [0.29, 0.717) is 11.3 Å². The van der Waals surface area contributed by atoms with Crippen LogP contribution in [0.25, 0.3) is 0 Å². The first-order valence-corrected chi connectivity index (χ1v) is 12.0. The van der Waals surface area contributed by atoms with E-state index in [0.717, 1.165) is 16.2 Å². The van der Waals surface area contributed by atoms with E-state index in [1.807, 2.05) is 6.07 Å². The third kappa shape index (κ3) is 4.50. The molecule has 2 heterocycles. The molecule has 36 heavy (non-hydrogen) atoms. The van der Waals surface area contributed by atoms with Crippen molar-refractivity contribution in [1.29, 1.82) is 0 Å². The average Bonchev–Trinajstić information content (AvgIpc) is 3.32. The summed E-state index contributed by atoms with van der Waals surface area (Å²) >= 11 is 0.912. The Bertz CT molecular complexity index is 1350. The van der Waals surface area contributed by atoms with Gasteiger partial charge < -0.3 is 15.4 Å². The molecule has 0 saturated heterocycles. The number of esters is 1. The Balaban J connectivity index is 1.62. The first-order valence-electron chi connectivity index (χ1n) is 11.2. The van der Waals surface area contributed by atoms with Gasteiger partial charge in [-0.25, -0.2) is 4.79 Å². The second-order valence-corrected chi connectivity index (χ2v) is 9.01. The Kier molecular flexibility index (Phi) is 6.98. The fourth-order valence-corrected chi connectivity index (χ4v) is 4.96. The summed E-state index contributed by atoms with van der Waals surface area (Å²) < 4.78 is 5.15. The number of nitrogens with one attached hydrogen (secondary N) is 2. The maximum atomic E-state index is 13.2. The molecule has 9 nitrogen and oxygen atoms in total. The molecule has 1 aliphatic rings. The van der Waals surface area contributed by atoms with Crippen LogP contribution in [0.5, 0.6) is 0 Å². The molecule has 2 aromatic carbocycles. The molecule has 4 amide bonds. The Morgan fingerprint density at radius 1 is 0.944 bits per heavy atom. The Labute approximate surface area is 211 Å². The number of benzene rings is 2. The van der Waals surface area contributed by atoms with Gasteiger partial charge in [0.25, 0.3) is 17.7 Å². The minimum atomic E-state index is -1.17. The third-order valence-corrected chi connectivity index (χ3v) is 6.90.